The summed E-state index contributed by atoms with van der Waals surface area (Å²) < 4.78 is 13.4. The first-order chi connectivity index (χ1) is 9.65. The molecule has 5 heteroatoms. The van der Waals surface area contributed by atoms with Crippen molar-refractivity contribution in [2.45, 2.75) is 12.8 Å². The van der Waals surface area contributed by atoms with Gasteiger partial charge in [0.05, 0.1) is 17.9 Å². The zero-order chi connectivity index (χ0) is 14.1. The second-order valence-electron chi connectivity index (χ2n) is 5.67. The van der Waals surface area contributed by atoms with E-state index < -0.39 is 0 Å². The van der Waals surface area contributed by atoms with E-state index in [9.17, 15) is 9.18 Å². The second kappa shape index (κ2) is 5.40. The number of anilines is 2. The lowest BCUT2D eigenvalue weighted by Crippen LogP contribution is -2.46. The van der Waals surface area contributed by atoms with Crippen LogP contribution in [-0.2, 0) is 4.79 Å². The number of fused-ring (bicyclic) bond motifs is 1. The van der Waals surface area contributed by atoms with E-state index in [0.29, 0.717) is 13.1 Å². The number of hydrogen-bond donors (Lipinski definition) is 1. The van der Waals surface area contributed by atoms with Gasteiger partial charge < -0.3 is 15.1 Å². The summed E-state index contributed by atoms with van der Waals surface area (Å²) in [7, 11) is 1.92. The number of benzene rings is 1. The highest BCUT2D eigenvalue weighted by molar-refractivity contribution is 5.99. The van der Waals surface area contributed by atoms with Crippen LogP contribution in [0.25, 0.3) is 0 Å². The van der Waals surface area contributed by atoms with Gasteiger partial charge in [0.15, 0.2) is 0 Å². The van der Waals surface area contributed by atoms with Gasteiger partial charge in [-0.05, 0) is 43.5 Å². The van der Waals surface area contributed by atoms with Gasteiger partial charge in [0.2, 0.25) is 5.91 Å². The van der Waals surface area contributed by atoms with E-state index in [1.807, 2.05) is 11.9 Å². The lowest BCUT2D eigenvalue weighted by Gasteiger charge is -2.35. The van der Waals surface area contributed by atoms with Gasteiger partial charge in [0, 0.05) is 20.1 Å². The zero-order valence-corrected chi connectivity index (χ0v) is 11.7. The number of nitrogens with zero attached hydrogens (tertiary/aromatic N) is 2. The molecular weight excluding hydrogens is 257 g/mol. The molecule has 0 radical (unpaired) electrons. The van der Waals surface area contributed by atoms with Crippen LogP contribution in [0.1, 0.15) is 12.8 Å². The normalized spacial score (nSPS) is 18.1. The minimum atomic E-state index is -0.267. The van der Waals surface area contributed by atoms with Crippen molar-refractivity contribution in [2.24, 2.45) is 5.92 Å². The molecule has 108 valence electrons. The molecule has 1 aromatic rings. The van der Waals surface area contributed by atoms with E-state index in [2.05, 4.69) is 5.32 Å². The molecule has 0 aromatic heterocycles. The van der Waals surface area contributed by atoms with Gasteiger partial charge in [-0.1, -0.05) is 0 Å². The van der Waals surface area contributed by atoms with Crippen LogP contribution in [0.2, 0.25) is 0 Å². The molecule has 4 nitrogen and oxygen atoms in total. The Bertz CT molecular complexity index is 516. The molecule has 0 bridgehead atoms. The maximum absolute atomic E-state index is 13.4. The first kappa shape index (κ1) is 13.4. The van der Waals surface area contributed by atoms with Gasteiger partial charge in [0.1, 0.15) is 5.82 Å². The van der Waals surface area contributed by atoms with Crippen LogP contribution in [0.4, 0.5) is 15.8 Å². The molecular formula is C15H20FN3O. The van der Waals surface area contributed by atoms with E-state index in [1.54, 1.807) is 11.0 Å². The van der Waals surface area contributed by atoms with E-state index in [0.717, 1.165) is 30.4 Å². The van der Waals surface area contributed by atoms with Crippen molar-refractivity contribution in [2.75, 3.05) is 43.0 Å². The van der Waals surface area contributed by atoms with Crippen molar-refractivity contribution >= 4 is 17.3 Å². The van der Waals surface area contributed by atoms with E-state index in [-0.39, 0.29) is 11.7 Å². The summed E-state index contributed by atoms with van der Waals surface area (Å²) in [5.74, 6) is 0.556. The third-order valence-corrected chi connectivity index (χ3v) is 4.01. The van der Waals surface area contributed by atoms with Gasteiger partial charge in [-0.3, -0.25) is 4.79 Å². The lowest BCUT2D eigenvalue weighted by atomic mass is 10.1. The number of rotatable bonds is 4. The van der Waals surface area contributed by atoms with Crippen LogP contribution in [0.3, 0.4) is 0 Å². The fraction of sp³-hybridized carbons (Fsp3) is 0.533. The highest BCUT2D eigenvalue weighted by Gasteiger charge is 2.26. The third-order valence-electron chi connectivity index (χ3n) is 4.01. The molecule has 0 spiro atoms. The molecule has 0 atom stereocenters. The maximum Gasteiger partial charge on any atom is 0.241 e. The molecule has 0 unspecified atom stereocenters. The molecule has 1 fully saturated rings. The quantitative estimate of drug-likeness (QED) is 0.908. The summed E-state index contributed by atoms with van der Waals surface area (Å²) in [6.07, 6.45) is 2.55. The molecule has 3 rings (SSSR count). The summed E-state index contributed by atoms with van der Waals surface area (Å²) >= 11 is 0. The Morgan fingerprint density at radius 1 is 1.35 bits per heavy atom. The number of likely N-dealkylation sites (N-methyl/N-ethyl adjacent to an activating group) is 1. The van der Waals surface area contributed by atoms with Crippen LogP contribution in [0, 0.1) is 11.7 Å². The summed E-state index contributed by atoms with van der Waals surface area (Å²) in [4.78, 5) is 16.1. The molecule has 1 amide bonds. The largest absolute Gasteiger partial charge is 0.371 e. The highest BCUT2D eigenvalue weighted by Crippen LogP contribution is 2.32. The number of carbonyl (C=O) groups is 1. The fourth-order valence-corrected chi connectivity index (χ4v) is 2.58. The Balaban J connectivity index is 1.70. The number of halogens is 1. The molecule has 1 heterocycles. The molecule has 20 heavy (non-hydrogen) atoms. The number of carbonyl (C=O) groups excluding carboxylic acids is 1. The van der Waals surface area contributed by atoms with Crippen molar-refractivity contribution < 1.29 is 9.18 Å². The summed E-state index contributed by atoms with van der Waals surface area (Å²) in [5.41, 5.74) is 1.59. The Morgan fingerprint density at radius 2 is 2.15 bits per heavy atom. The standard InChI is InChI=1S/C15H20FN3O/c1-18-6-7-19(13-5-4-12(16)8-14(13)18)15(20)10-17-9-11-2-3-11/h4-5,8,11,17H,2-3,6-7,9-10H2,1H3. The Kier molecular flexibility index (Phi) is 3.61. The van der Waals surface area contributed by atoms with Crippen molar-refractivity contribution in [3.05, 3.63) is 24.0 Å². The van der Waals surface area contributed by atoms with E-state index >= 15 is 0 Å². The first-order valence-corrected chi connectivity index (χ1v) is 7.17. The molecule has 1 saturated carbocycles. The SMILES string of the molecule is CN1CCN(C(=O)CNCC2CC2)c2ccc(F)cc21. The van der Waals surface area contributed by atoms with E-state index in [4.69, 9.17) is 0 Å². The minimum absolute atomic E-state index is 0.0617. The molecule has 2 aliphatic rings. The maximum atomic E-state index is 13.4. The van der Waals surface area contributed by atoms with Crippen LogP contribution >= 0.6 is 0 Å². The van der Waals surface area contributed by atoms with Crippen LogP contribution in [0.5, 0.6) is 0 Å². The minimum Gasteiger partial charge on any atom is -0.371 e. The summed E-state index contributed by atoms with van der Waals surface area (Å²) in [5, 5.41) is 3.22. The average Bonchev–Trinajstić information content (AvgIpc) is 3.24. The van der Waals surface area contributed by atoms with Crippen LogP contribution in [-0.4, -0.2) is 39.1 Å². The van der Waals surface area contributed by atoms with Gasteiger partial charge >= 0.3 is 0 Å². The van der Waals surface area contributed by atoms with Crippen molar-refractivity contribution in [3.8, 4) is 0 Å². The van der Waals surface area contributed by atoms with E-state index in [1.165, 1.54) is 25.0 Å². The fourth-order valence-electron chi connectivity index (χ4n) is 2.58. The van der Waals surface area contributed by atoms with Crippen molar-refractivity contribution in [1.82, 2.24) is 5.32 Å². The Labute approximate surface area is 118 Å². The van der Waals surface area contributed by atoms with Crippen LogP contribution < -0.4 is 15.1 Å². The molecule has 0 saturated heterocycles. The second-order valence-corrected chi connectivity index (χ2v) is 5.67. The van der Waals surface area contributed by atoms with Gasteiger partial charge in [0.25, 0.3) is 0 Å². The zero-order valence-electron chi connectivity index (χ0n) is 11.7. The topological polar surface area (TPSA) is 35.6 Å². The molecule has 1 N–H and O–H groups in total. The van der Waals surface area contributed by atoms with Gasteiger partial charge in [-0.2, -0.15) is 0 Å². The number of nitrogens with one attached hydrogen (secondary N) is 1. The van der Waals surface area contributed by atoms with Crippen molar-refractivity contribution in [1.29, 1.82) is 0 Å². The third kappa shape index (κ3) is 2.77. The summed E-state index contributed by atoms with van der Waals surface area (Å²) in [6.45, 7) is 2.66. The molecule has 1 aromatic carbocycles. The van der Waals surface area contributed by atoms with Crippen LogP contribution in [0.15, 0.2) is 18.2 Å². The van der Waals surface area contributed by atoms with Gasteiger partial charge in [-0.15, -0.1) is 0 Å². The first-order valence-electron chi connectivity index (χ1n) is 7.17. The molecule has 1 aliphatic heterocycles. The average molecular weight is 277 g/mol. The predicted octanol–water partition coefficient (Wildman–Crippen LogP) is 1.61. The highest BCUT2D eigenvalue weighted by atomic mass is 19.1. The Morgan fingerprint density at radius 3 is 2.90 bits per heavy atom. The lowest BCUT2D eigenvalue weighted by molar-refractivity contribution is -0.117. The monoisotopic (exact) mass is 277 g/mol. The number of amides is 1. The Hall–Kier alpha value is -1.62. The van der Waals surface area contributed by atoms with Gasteiger partial charge in [-0.25, -0.2) is 4.39 Å². The summed E-state index contributed by atoms with van der Waals surface area (Å²) in [6, 6.07) is 4.60. The number of hydrogen-bond acceptors (Lipinski definition) is 3. The molecule has 1 aliphatic carbocycles. The smallest absolute Gasteiger partial charge is 0.241 e. The van der Waals surface area contributed by atoms with Crippen molar-refractivity contribution in [3.63, 3.8) is 0 Å². The predicted molar refractivity (Wildman–Crippen MR) is 77.6 cm³/mol.